The van der Waals surface area contributed by atoms with E-state index in [2.05, 4.69) is 9.97 Å². The minimum absolute atomic E-state index is 0.286. The summed E-state index contributed by atoms with van der Waals surface area (Å²) >= 11 is 4.74. The topological polar surface area (TPSA) is 80.7 Å². The molecular weight excluding hydrogens is 136 g/mol. The summed E-state index contributed by atoms with van der Waals surface area (Å²) in [5.74, 6) is 0.286. The highest BCUT2D eigenvalue weighted by Gasteiger charge is 1.87. The van der Waals surface area contributed by atoms with E-state index in [9.17, 15) is 0 Å². The van der Waals surface area contributed by atoms with Crippen molar-refractivity contribution in [3.8, 4) is 0 Å². The molecule has 1 aromatic heterocycles. The van der Waals surface area contributed by atoms with E-state index in [0.717, 1.165) is 0 Å². The number of hydrogen-bond acceptors (Lipinski definition) is 4. The van der Waals surface area contributed by atoms with E-state index in [1.165, 1.54) is 6.20 Å². The minimum Gasteiger partial charge on any atom is -0.395 e. The van der Waals surface area contributed by atoms with E-state index < -0.39 is 0 Å². The Balaban J connectivity index is 3.34. The van der Waals surface area contributed by atoms with E-state index in [1.807, 2.05) is 0 Å². The van der Waals surface area contributed by atoms with Crippen LogP contribution in [-0.4, -0.2) is 9.97 Å². The summed E-state index contributed by atoms with van der Waals surface area (Å²) < 4.78 is 0.433. The van der Waals surface area contributed by atoms with E-state index >= 15 is 0 Å². The molecule has 4 nitrogen and oxygen atoms in total. The summed E-state index contributed by atoms with van der Waals surface area (Å²) in [6, 6.07) is 0. The third-order valence-electron chi connectivity index (χ3n) is 0.847. The van der Waals surface area contributed by atoms with Gasteiger partial charge in [0.1, 0.15) is 4.64 Å². The van der Waals surface area contributed by atoms with Gasteiger partial charge in [-0.15, -0.1) is 0 Å². The van der Waals surface area contributed by atoms with Crippen LogP contribution in [0.4, 0.5) is 11.6 Å². The molecule has 0 radical (unpaired) electrons. The highest BCUT2D eigenvalue weighted by molar-refractivity contribution is 7.71. The Bertz CT molecular complexity index is 266. The molecular formula is C4H6N4S. The second-order valence-electron chi connectivity index (χ2n) is 1.55. The van der Waals surface area contributed by atoms with Crippen molar-refractivity contribution in [3.05, 3.63) is 10.8 Å². The fourth-order valence-electron chi connectivity index (χ4n) is 0.418. The van der Waals surface area contributed by atoms with Gasteiger partial charge >= 0.3 is 0 Å². The molecule has 0 aromatic carbocycles. The van der Waals surface area contributed by atoms with Crippen LogP contribution in [-0.2, 0) is 0 Å². The van der Waals surface area contributed by atoms with Gasteiger partial charge in [0, 0.05) is 0 Å². The van der Waals surface area contributed by atoms with Crippen molar-refractivity contribution in [3.63, 3.8) is 0 Å². The van der Waals surface area contributed by atoms with Crippen molar-refractivity contribution in [2.24, 2.45) is 0 Å². The zero-order valence-electron chi connectivity index (χ0n) is 4.59. The highest BCUT2D eigenvalue weighted by atomic mass is 32.1. The Morgan fingerprint density at radius 3 is 2.67 bits per heavy atom. The summed E-state index contributed by atoms with van der Waals surface area (Å²) in [5.41, 5.74) is 11.0. The molecule has 0 bridgehead atoms. The van der Waals surface area contributed by atoms with E-state index in [-0.39, 0.29) is 5.95 Å². The van der Waals surface area contributed by atoms with Gasteiger partial charge in [-0.3, -0.25) is 0 Å². The van der Waals surface area contributed by atoms with Gasteiger partial charge in [-0.25, -0.2) is 4.98 Å². The van der Waals surface area contributed by atoms with Gasteiger partial charge in [0.2, 0.25) is 0 Å². The second-order valence-corrected chi connectivity index (χ2v) is 1.96. The van der Waals surface area contributed by atoms with Crippen molar-refractivity contribution in [1.82, 2.24) is 9.97 Å². The van der Waals surface area contributed by atoms with Crippen molar-refractivity contribution in [2.75, 3.05) is 11.5 Å². The van der Waals surface area contributed by atoms with Crippen molar-refractivity contribution in [1.29, 1.82) is 0 Å². The number of nitrogens with zero attached hydrogens (tertiary/aromatic N) is 1. The van der Waals surface area contributed by atoms with Crippen LogP contribution >= 0.6 is 12.2 Å². The van der Waals surface area contributed by atoms with Crippen LogP contribution in [0.1, 0.15) is 0 Å². The van der Waals surface area contributed by atoms with Crippen LogP contribution in [0.2, 0.25) is 0 Å². The molecule has 9 heavy (non-hydrogen) atoms. The minimum atomic E-state index is 0.286. The van der Waals surface area contributed by atoms with Crippen molar-refractivity contribution < 1.29 is 0 Å². The smallest absolute Gasteiger partial charge is 0.198 e. The average molecular weight is 142 g/mol. The molecule has 0 amide bonds. The molecule has 1 aromatic rings. The first-order chi connectivity index (χ1) is 4.20. The largest absolute Gasteiger partial charge is 0.395 e. The molecule has 5 heteroatoms. The zero-order chi connectivity index (χ0) is 6.85. The zero-order valence-corrected chi connectivity index (χ0v) is 5.40. The molecule has 1 rings (SSSR count). The Kier molecular flexibility index (Phi) is 1.35. The summed E-state index contributed by atoms with van der Waals surface area (Å²) in [6.45, 7) is 0. The van der Waals surface area contributed by atoms with Crippen LogP contribution < -0.4 is 11.5 Å². The summed E-state index contributed by atoms with van der Waals surface area (Å²) in [7, 11) is 0. The molecule has 0 aliphatic rings. The standard InChI is InChI=1S/C4H6N4S/c5-2-1-7-4(6)8-3(2)9/h1H,5H2,(H3,6,7,8,9). The first-order valence-corrected chi connectivity index (χ1v) is 2.71. The molecule has 5 N–H and O–H groups in total. The first-order valence-electron chi connectivity index (χ1n) is 2.30. The van der Waals surface area contributed by atoms with Crippen LogP contribution in [0.3, 0.4) is 0 Å². The molecule has 1 heterocycles. The van der Waals surface area contributed by atoms with Gasteiger partial charge in [0.05, 0.1) is 11.9 Å². The molecule has 0 aliphatic carbocycles. The number of hydrogen-bond donors (Lipinski definition) is 3. The normalized spacial score (nSPS) is 9.33. The van der Waals surface area contributed by atoms with Crippen molar-refractivity contribution in [2.45, 2.75) is 0 Å². The molecule has 0 saturated heterocycles. The summed E-state index contributed by atoms with van der Waals surface area (Å²) in [6.07, 6.45) is 1.42. The summed E-state index contributed by atoms with van der Waals surface area (Å²) in [4.78, 5) is 6.26. The van der Waals surface area contributed by atoms with E-state index in [1.54, 1.807) is 0 Å². The average Bonchev–Trinajstić information content (AvgIpc) is 1.80. The van der Waals surface area contributed by atoms with Gasteiger partial charge in [0.15, 0.2) is 5.95 Å². The molecule has 0 unspecified atom stereocenters. The first kappa shape index (κ1) is 6.03. The number of nitrogens with one attached hydrogen (secondary N) is 1. The Hall–Kier alpha value is -1.10. The van der Waals surface area contributed by atoms with Crippen LogP contribution in [0, 0.1) is 4.64 Å². The lowest BCUT2D eigenvalue weighted by Crippen LogP contribution is -1.97. The summed E-state index contributed by atoms with van der Waals surface area (Å²) in [5, 5.41) is 0. The van der Waals surface area contributed by atoms with Crippen molar-refractivity contribution >= 4 is 23.9 Å². The molecule has 0 atom stereocenters. The molecule has 0 spiro atoms. The maximum absolute atomic E-state index is 5.34. The third kappa shape index (κ3) is 1.17. The van der Waals surface area contributed by atoms with Gasteiger partial charge < -0.3 is 16.5 Å². The van der Waals surface area contributed by atoms with Gasteiger partial charge in [-0.1, -0.05) is 12.2 Å². The van der Waals surface area contributed by atoms with Crippen LogP contribution in [0.5, 0.6) is 0 Å². The maximum Gasteiger partial charge on any atom is 0.198 e. The van der Waals surface area contributed by atoms with E-state index in [0.29, 0.717) is 10.3 Å². The molecule has 0 fully saturated rings. The van der Waals surface area contributed by atoms with E-state index in [4.69, 9.17) is 23.7 Å². The lowest BCUT2D eigenvalue weighted by atomic mass is 10.6. The molecule has 48 valence electrons. The quantitative estimate of drug-likeness (QED) is 0.455. The second kappa shape index (κ2) is 2.02. The molecule has 0 aliphatic heterocycles. The fourth-order valence-corrected chi connectivity index (χ4v) is 0.576. The number of rotatable bonds is 0. The SMILES string of the molecule is Nc1ncc(N)c(=S)[nH]1. The lowest BCUT2D eigenvalue weighted by molar-refractivity contribution is 1.17. The number of H-pyrrole nitrogens is 1. The number of anilines is 2. The predicted molar refractivity (Wildman–Crippen MR) is 38.2 cm³/mol. The van der Waals surface area contributed by atoms with Gasteiger partial charge in [0.25, 0.3) is 0 Å². The predicted octanol–water partition coefficient (Wildman–Crippen LogP) is 0.304. The monoisotopic (exact) mass is 142 g/mol. The Labute approximate surface area is 56.9 Å². The Morgan fingerprint density at radius 1 is 1.56 bits per heavy atom. The molecule has 0 saturated carbocycles. The fraction of sp³-hybridized carbons (Fsp3) is 0. The third-order valence-corrected chi connectivity index (χ3v) is 1.18. The maximum atomic E-state index is 5.34. The number of nitrogen functional groups attached to an aromatic ring is 2. The van der Waals surface area contributed by atoms with Gasteiger partial charge in [-0.05, 0) is 0 Å². The lowest BCUT2D eigenvalue weighted by Gasteiger charge is -1.92. The number of nitrogens with two attached hydrogens (primary N) is 2. The number of aromatic amines is 1. The number of aromatic nitrogens is 2. The van der Waals surface area contributed by atoms with Crippen LogP contribution in [0.25, 0.3) is 0 Å². The highest BCUT2D eigenvalue weighted by Crippen LogP contribution is 2.00. The van der Waals surface area contributed by atoms with Gasteiger partial charge in [-0.2, -0.15) is 0 Å². The Morgan fingerprint density at radius 2 is 2.22 bits per heavy atom. The van der Waals surface area contributed by atoms with Crippen LogP contribution in [0.15, 0.2) is 6.20 Å².